The number of benzene rings is 1. The molecule has 0 bridgehead atoms. The maximum Gasteiger partial charge on any atom is 0.0900 e. The molecule has 0 N–H and O–H groups in total. The molecule has 1 aromatic carbocycles. The first-order valence-corrected chi connectivity index (χ1v) is 8.67. The predicted molar refractivity (Wildman–Crippen MR) is 78.2 cm³/mol. The van der Waals surface area contributed by atoms with Crippen LogP contribution in [-0.2, 0) is 21.0 Å². The molecule has 2 aliphatic heterocycles. The van der Waals surface area contributed by atoms with Gasteiger partial charge in [0.2, 0.25) is 0 Å². The molecule has 0 amide bonds. The van der Waals surface area contributed by atoms with Gasteiger partial charge in [-0.2, -0.15) is 23.5 Å². The van der Waals surface area contributed by atoms with E-state index in [1.165, 1.54) is 11.1 Å². The minimum atomic E-state index is 0.535. The summed E-state index contributed by atoms with van der Waals surface area (Å²) in [5, 5.41) is 0. The first-order valence-electron chi connectivity index (χ1n) is 6.36. The Morgan fingerprint density at radius 3 is 1.89 bits per heavy atom. The van der Waals surface area contributed by atoms with Crippen molar-refractivity contribution in [2.75, 3.05) is 24.7 Å². The number of rotatable bonds is 8. The molecule has 1 aromatic rings. The van der Waals surface area contributed by atoms with Crippen LogP contribution in [0, 0.1) is 0 Å². The van der Waals surface area contributed by atoms with Crippen LogP contribution in [0.3, 0.4) is 0 Å². The van der Waals surface area contributed by atoms with Crippen LogP contribution in [0.5, 0.6) is 0 Å². The van der Waals surface area contributed by atoms with E-state index in [2.05, 4.69) is 24.3 Å². The first-order chi connectivity index (χ1) is 8.90. The molecule has 0 saturated carbocycles. The van der Waals surface area contributed by atoms with Gasteiger partial charge < -0.3 is 9.47 Å². The Kier molecular flexibility index (Phi) is 4.52. The fourth-order valence-corrected chi connectivity index (χ4v) is 3.73. The highest BCUT2D eigenvalue weighted by Gasteiger charge is 2.22. The fraction of sp³-hybridized carbons (Fsp3) is 0.571. The van der Waals surface area contributed by atoms with Crippen LogP contribution in [-0.4, -0.2) is 36.9 Å². The molecule has 18 heavy (non-hydrogen) atoms. The summed E-state index contributed by atoms with van der Waals surface area (Å²) in [6, 6.07) is 8.95. The quantitative estimate of drug-likeness (QED) is 0.685. The van der Waals surface area contributed by atoms with Gasteiger partial charge in [-0.05, 0) is 11.1 Å². The average molecular weight is 282 g/mol. The molecule has 0 radical (unpaired) electrons. The van der Waals surface area contributed by atoms with Crippen LogP contribution >= 0.6 is 23.5 Å². The van der Waals surface area contributed by atoms with Crippen molar-refractivity contribution < 1.29 is 9.47 Å². The van der Waals surface area contributed by atoms with Crippen molar-refractivity contribution in [3.8, 4) is 0 Å². The lowest BCUT2D eigenvalue weighted by Gasteiger charge is -2.04. The van der Waals surface area contributed by atoms with E-state index in [0.717, 1.165) is 36.2 Å². The molecular weight excluding hydrogens is 264 g/mol. The lowest BCUT2D eigenvalue weighted by atomic mass is 10.2. The largest absolute Gasteiger partial charge is 0.372 e. The standard InChI is InChI=1S/C14H18O2S2/c1-2-11(7-17-9-13-5-15-13)4-12(3-1)8-18-10-14-6-16-14/h1-4,13-14H,5-10H2. The summed E-state index contributed by atoms with van der Waals surface area (Å²) in [6.07, 6.45) is 1.07. The summed E-state index contributed by atoms with van der Waals surface area (Å²) < 4.78 is 10.4. The van der Waals surface area contributed by atoms with E-state index in [9.17, 15) is 0 Å². The van der Waals surface area contributed by atoms with Crippen LogP contribution < -0.4 is 0 Å². The zero-order chi connectivity index (χ0) is 12.2. The summed E-state index contributed by atoms with van der Waals surface area (Å²) in [5.74, 6) is 4.48. The lowest BCUT2D eigenvalue weighted by molar-refractivity contribution is 0.426. The third-order valence-corrected chi connectivity index (χ3v) is 5.23. The van der Waals surface area contributed by atoms with Crippen LogP contribution in [0.4, 0.5) is 0 Å². The van der Waals surface area contributed by atoms with Gasteiger partial charge in [-0.3, -0.25) is 0 Å². The zero-order valence-corrected chi connectivity index (χ0v) is 12.0. The third-order valence-electron chi connectivity index (χ3n) is 2.94. The Labute approximate surface area is 117 Å². The summed E-state index contributed by atoms with van der Waals surface area (Å²) in [7, 11) is 0. The van der Waals surface area contributed by atoms with E-state index in [-0.39, 0.29) is 0 Å². The average Bonchev–Trinajstić information content (AvgIpc) is 3.25. The normalized spacial score (nSPS) is 25.1. The third kappa shape index (κ3) is 4.50. The van der Waals surface area contributed by atoms with Crippen molar-refractivity contribution in [1.82, 2.24) is 0 Å². The molecule has 4 heteroatoms. The number of hydrogen-bond donors (Lipinski definition) is 0. The van der Waals surface area contributed by atoms with Crippen LogP contribution in [0.15, 0.2) is 24.3 Å². The van der Waals surface area contributed by atoms with Crippen LogP contribution in [0.2, 0.25) is 0 Å². The molecule has 2 unspecified atom stereocenters. The van der Waals surface area contributed by atoms with Crippen LogP contribution in [0.25, 0.3) is 0 Å². The highest BCUT2D eigenvalue weighted by atomic mass is 32.2. The Hall–Kier alpha value is -0.160. The molecular formula is C14H18O2S2. The van der Waals surface area contributed by atoms with Gasteiger partial charge >= 0.3 is 0 Å². The highest BCUT2D eigenvalue weighted by molar-refractivity contribution is 7.98. The van der Waals surface area contributed by atoms with Crippen molar-refractivity contribution in [3.05, 3.63) is 35.4 Å². The minimum Gasteiger partial charge on any atom is -0.372 e. The van der Waals surface area contributed by atoms with E-state index in [1.54, 1.807) is 0 Å². The number of ether oxygens (including phenoxy) is 2. The molecule has 2 heterocycles. The molecule has 2 nitrogen and oxygen atoms in total. The monoisotopic (exact) mass is 282 g/mol. The second kappa shape index (κ2) is 6.33. The van der Waals surface area contributed by atoms with Crippen molar-refractivity contribution >= 4 is 23.5 Å². The lowest BCUT2D eigenvalue weighted by Crippen LogP contribution is -1.93. The van der Waals surface area contributed by atoms with Gasteiger partial charge in [-0.25, -0.2) is 0 Å². The molecule has 0 spiro atoms. The van der Waals surface area contributed by atoms with Crippen molar-refractivity contribution in [3.63, 3.8) is 0 Å². The first kappa shape index (κ1) is 12.9. The summed E-state index contributed by atoms with van der Waals surface area (Å²) in [5.41, 5.74) is 2.86. The molecule has 98 valence electrons. The minimum absolute atomic E-state index is 0.535. The maximum atomic E-state index is 5.22. The number of thioether (sulfide) groups is 2. The second-order valence-electron chi connectivity index (χ2n) is 4.76. The Morgan fingerprint density at radius 1 is 0.944 bits per heavy atom. The maximum absolute atomic E-state index is 5.22. The summed E-state index contributed by atoms with van der Waals surface area (Å²) in [6.45, 7) is 1.93. The molecule has 2 aliphatic rings. The summed E-state index contributed by atoms with van der Waals surface area (Å²) >= 11 is 3.95. The topological polar surface area (TPSA) is 25.1 Å². The molecule has 2 fully saturated rings. The predicted octanol–water partition coefficient (Wildman–Crippen LogP) is 2.95. The molecule has 0 aromatic heterocycles. The van der Waals surface area contributed by atoms with E-state index >= 15 is 0 Å². The molecule has 3 rings (SSSR count). The van der Waals surface area contributed by atoms with E-state index < -0.39 is 0 Å². The number of hydrogen-bond acceptors (Lipinski definition) is 4. The molecule has 2 saturated heterocycles. The molecule has 2 atom stereocenters. The Balaban J connectivity index is 1.41. The summed E-state index contributed by atoms with van der Waals surface area (Å²) in [4.78, 5) is 0. The van der Waals surface area contributed by atoms with Gasteiger partial charge in [0.1, 0.15) is 0 Å². The number of epoxide rings is 2. The van der Waals surface area contributed by atoms with Gasteiger partial charge in [0.25, 0.3) is 0 Å². The van der Waals surface area contributed by atoms with E-state index in [0.29, 0.717) is 12.2 Å². The van der Waals surface area contributed by atoms with Crippen molar-refractivity contribution in [2.24, 2.45) is 0 Å². The van der Waals surface area contributed by atoms with E-state index in [4.69, 9.17) is 9.47 Å². The smallest absolute Gasteiger partial charge is 0.0900 e. The van der Waals surface area contributed by atoms with Crippen molar-refractivity contribution in [1.29, 1.82) is 0 Å². The van der Waals surface area contributed by atoms with E-state index in [1.807, 2.05) is 23.5 Å². The fourth-order valence-electron chi connectivity index (χ4n) is 1.75. The Morgan fingerprint density at radius 2 is 1.44 bits per heavy atom. The second-order valence-corrected chi connectivity index (χ2v) is 6.82. The van der Waals surface area contributed by atoms with Gasteiger partial charge in [0.05, 0.1) is 25.4 Å². The zero-order valence-electron chi connectivity index (χ0n) is 10.3. The SMILES string of the molecule is c1cc(CSCC2CO2)cc(CSCC2CO2)c1. The van der Waals surface area contributed by atoms with Crippen molar-refractivity contribution in [2.45, 2.75) is 23.7 Å². The van der Waals surface area contributed by atoms with Gasteiger partial charge in [-0.1, -0.05) is 24.3 Å². The molecule has 0 aliphatic carbocycles. The van der Waals surface area contributed by atoms with Gasteiger partial charge in [0, 0.05) is 23.0 Å². The van der Waals surface area contributed by atoms with Gasteiger partial charge in [-0.15, -0.1) is 0 Å². The highest BCUT2D eigenvalue weighted by Crippen LogP contribution is 2.23. The van der Waals surface area contributed by atoms with Gasteiger partial charge in [0.15, 0.2) is 0 Å². The Bertz CT molecular complexity index is 356. The van der Waals surface area contributed by atoms with Crippen LogP contribution in [0.1, 0.15) is 11.1 Å².